The lowest BCUT2D eigenvalue weighted by molar-refractivity contribution is -0.384. The van der Waals surface area contributed by atoms with E-state index in [2.05, 4.69) is 5.32 Å². The van der Waals surface area contributed by atoms with Gasteiger partial charge in [-0.25, -0.2) is 4.98 Å². The van der Waals surface area contributed by atoms with Crippen molar-refractivity contribution in [1.82, 2.24) is 4.98 Å². The van der Waals surface area contributed by atoms with E-state index in [1.54, 1.807) is 49.6 Å². The van der Waals surface area contributed by atoms with Crippen LogP contribution in [-0.2, 0) is 0 Å². The van der Waals surface area contributed by atoms with Crippen molar-refractivity contribution in [1.29, 1.82) is 0 Å². The number of aromatic nitrogens is 1. The maximum atomic E-state index is 13.0. The number of fused-ring (bicyclic) bond motifs is 1. The largest absolute Gasteiger partial charge is 0.497 e. The molecule has 7 nitrogen and oxygen atoms in total. The molecule has 1 N–H and O–H groups in total. The van der Waals surface area contributed by atoms with Gasteiger partial charge >= 0.3 is 0 Å². The zero-order valence-electron chi connectivity index (χ0n) is 19.3. The van der Waals surface area contributed by atoms with Crippen molar-refractivity contribution in [2.75, 3.05) is 12.4 Å². The van der Waals surface area contributed by atoms with E-state index >= 15 is 0 Å². The molecule has 0 atom stereocenters. The molecule has 36 heavy (non-hydrogen) atoms. The van der Waals surface area contributed by atoms with E-state index in [1.807, 2.05) is 48.5 Å². The average Bonchev–Trinajstić information content (AvgIpc) is 2.93. The number of ether oxygens (including phenoxy) is 1. The summed E-state index contributed by atoms with van der Waals surface area (Å²) in [5.74, 6) is 0.474. The molecule has 1 amide bonds. The monoisotopic (exact) mass is 475 g/mol. The van der Waals surface area contributed by atoms with Crippen LogP contribution >= 0.6 is 0 Å². The summed E-state index contributed by atoms with van der Waals surface area (Å²) in [5.41, 5.74) is 5.23. The Labute approximate surface area is 207 Å². The van der Waals surface area contributed by atoms with E-state index < -0.39 is 4.92 Å². The van der Waals surface area contributed by atoms with Crippen LogP contribution in [-0.4, -0.2) is 22.9 Å². The Morgan fingerprint density at radius 3 is 2.25 bits per heavy atom. The molecule has 0 aliphatic carbocycles. The molecule has 4 aromatic carbocycles. The summed E-state index contributed by atoms with van der Waals surface area (Å²) in [6.45, 7) is 0. The molecule has 0 saturated heterocycles. The Morgan fingerprint density at radius 2 is 1.58 bits per heavy atom. The van der Waals surface area contributed by atoms with Gasteiger partial charge in [-0.1, -0.05) is 30.3 Å². The highest BCUT2D eigenvalue weighted by atomic mass is 16.6. The first-order valence-corrected chi connectivity index (χ1v) is 11.2. The van der Waals surface area contributed by atoms with Crippen LogP contribution in [0.25, 0.3) is 33.3 Å². The molecule has 0 fully saturated rings. The Hall–Kier alpha value is -5.04. The van der Waals surface area contributed by atoms with Gasteiger partial charge in [0.25, 0.3) is 11.6 Å². The number of non-ortho nitro benzene ring substituents is 1. The molecule has 7 heteroatoms. The second-order valence-corrected chi connectivity index (χ2v) is 8.14. The van der Waals surface area contributed by atoms with Gasteiger partial charge < -0.3 is 10.1 Å². The molecule has 5 aromatic rings. The zero-order chi connectivity index (χ0) is 25.1. The summed E-state index contributed by atoms with van der Waals surface area (Å²) in [7, 11) is 1.59. The average molecular weight is 476 g/mol. The van der Waals surface area contributed by atoms with E-state index in [-0.39, 0.29) is 11.6 Å². The molecule has 0 aliphatic rings. The lowest BCUT2D eigenvalue weighted by Crippen LogP contribution is -2.11. The quantitative estimate of drug-likeness (QED) is 0.217. The highest BCUT2D eigenvalue weighted by Crippen LogP contribution is 2.33. The topological polar surface area (TPSA) is 94.4 Å². The van der Waals surface area contributed by atoms with Crippen molar-refractivity contribution >= 4 is 28.2 Å². The summed E-state index contributed by atoms with van der Waals surface area (Å²) < 4.78 is 5.17. The van der Waals surface area contributed by atoms with Crippen LogP contribution in [0, 0.1) is 10.1 Å². The van der Waals surface area contributed by atoms with Gasteiger partial charge in [-0.15, -0.1) is 0 Å². The van der Waals surface area contributed by atoms with Crippen LogP contribution in [0.3, 0.4) is 0 Å². The maximum Gasteiger partial charge on any atom is 0.269 e. The predicted octanol–water partition coefficient (Wildman–Crippen LogP) is 6.74. The Balaban J connectivity index is 1.57. The van der Waals surface area contributed by atoms with Gasteiger partial charge in [-0.05, 0) is 71.8 Å². The first kappa shape index (κ1) is 22.7. The highest BCUT2D eigenvalue weighted by Gasteiger charge is 2.14. The molecule has 0 saturated carbocycles. The van der Waals surface area contributed by atoms with E-state index in [1.165, 1.54) is 12.1 Å². The Morgan fingerprint density at radius 1 is 0.861 bits per heavy atom. The maximum absolute atomic E-state index is 13.0. The molecule has 0 unspecified atom stereocenters. The molecular formula is C29H21N3O4. The van der Waals surface area contributed by atoms with E-state index in [9.17, 15) is 14.9 Å². The van der Waals surface area contributed by atoms with Gasteiger partial charge in [0.2, 0.25) is 0 Å². The fourth-order valence-electron chi connectivity index (χ4n) is 4.00. The normalized spacial score (nSPS) is 10.7. The summed E-state index contributed by atoms with van der Waals surface area (Å²) in [6, 6.07) is 30.6. The first-order chi connectivity index (χ1) is 17.5. The van der Waals surface area contributed by atoms with Crippen LogP contribution in [0.4, 0.5) is 11.4 Å². The Bertz CT molecular complexity index is 1570. The van der Waals surface area contributed by atoms with Gasteiger partial charge in [0.1, 0.15) is 5.75 Å². The zero-order valence-corrected chi connectivity index (χ0v) is 19.3. The molecule has 0 radical (unpaired) electrons. The van der Waals surface area contributed by atoms with E-state index in [4.69, 9.17) is 9.72 Å². The number of hydrogen-bond donors (Lipinski definition) is 1. The number of carbonyl (C=O) groups excluding carboxylic acids is 1. The predicted molar refractivity (Wildman–Crippen MR) is 140 cm³/mol. The molecular weight excluding hydrogens is 454 g/mol. The number of hydrogen-bond acceptors (Lipinski definition) is 5. The number of nitro groups is 1. The minimum atomic E-state index is -0.425. The van der Waals surface area contributed by atoms with Crippen LogP contribution in [0.1, 0.15) is 10.4 Å². The molecule has 1 heterocycles. The SMILES string of the molecule is COc1ccc(NC(=O)c2ccc3nc(-c4ccc([N+](=O)[O-])cc4)cc(-c4ccccc4)c3c2)cc1. The molecule has 0 aliphatic heterocycles. The fourth-order valence-corrected chi connectivity index (χ4v) is 4.00. The third-order valence-electron chi connectivity index (χ3n) is 5.88. The number of amides is 1. The van der Waals surface area contributed by atoms with Crippen molar-refractivity contribution in [3.8, 4) is 28.1 Å². The van der Waals surface area contributed by atoms with Crippen LogP contribution in [0.2, 0.25) is 0 Å². The third-order valence-corrected chi connectivity index (χ3v) is 5.88. The van der Waals surface area contributed by atoms with Crippen LogP contribution in [0.5, 0.6) is 5.75 Å². The van der Waals surface area contributed by atoms with Gasteiger partial charge in [-0.2, -0.15) is 0 Å². The molecule has 0 spiro atoms. The number of nitro benzene ring substituents is 1. The van der Waals surface area contributed by atoms with Crippen molar-refractivity contribution in [2.45, 2.75) is 0 Å². The minimum absolute atomic E-state index is 0.0235. The molecule has 0 bridgehead atoms. The van der Waals surface area contributed by atoms with Crippen molar-refractivity contribution in [2.24, 2.45) is 0 Å². The van der Waals surface area contributed by atoms with Crippen LogP contribution in [0.15, 0.2) is 103 Å². The smallest absolute Gasteiger partial charge is 0.269 e. The summed E-state index contributed by atoms with van der Waals surface area (Å²) in [5, 5.41) is 14.8. The second-order valence-electron chi connectivity index (χ2n) is 8.14. The number of methoxy groups -OCH3 is 1. The molecule has 1 aromatic heterocycles. The van der Waals surface area contributed by atoms with Crippen molar-refractivity contribution in [3.05, 3.63) is 119 Å². The number of nitrogens with zero attached hydrogens (tertiary/aromatic N) is 2. The Kier molecular flexibility index (Phi) is 6.11. The van der Waals surface area contributed by atoms with Gasteiger partial charge in [0.05, 0.1) is 23.2 Å². The van der Waals surface area contributed by atoms with E-state index in [0.29, 0.717) is 28.2 Å². The summed E-state index contributed by atoms with van der Waals surface area (Å²) >= 11 is 0. The lowest BCUT2D eigenvalue weighted by Gasteiger charge is -2.12. The van der Waals surface area contributed by atoms with E-state index in [0.717, 1.165) is 22.1 Å². The van der Waals surface area contributed by atoms with Gasteiger partial charge in [0, 0.05) is 34.3 Å². The van der Waals surface area contributed by atoms with Crippen molar-refractivity contribution < 1.29 is 14.5 Å². The number of anilines is 1. The van der Waals surface area contributed by atoms with Gasteiger partial charge in [-0.3, -0.25) is 14.9 Å². The highest BCUT2D eigenvalue weighted by molar-refractivity contribution is 6.08. The molecule has 5 rings (SSSR count). The minimum Gasteiger partial charge on any atom is -0.497 e. The number of pyridine rings is 1. The number of nitrogens with one attached hydrogen (secondary N) is 1. The summed E-state index contributed by atoms with van der Waals surface area (Å²) in [6.07, 6.45) is 0. The van der Waals surface area contributed by atoms with Crippen LogP contribution < -0.4 is 10.1 Å². The number of benzene rings is 4. The number of rotatable bonds is 6. The second kappa shape index (κ2) is 9.68. The summed E-state index contributed by atoms with van der Waals surface area (Å²) in [4.78, 5) is 28.4. The standard InChI is InChI=1S/C29H21N3O4/c1-36-24-14-10-22(11-15-24)30-29(33)21-9-16-27-26(17-21)25(19-5-3-2-4-6-19)18-28(31-27)20-7-12-23(13-8-20)32(34)35/h2-18H,1H3,(H,30,33). The number of carbonyl (C=O) groups is 1. The fraction of sp³-hybridized carbons (Fsp3) is 0.0345. The van der Waals surface area contributed by atoms with Gasteiger partial charge in [0.15, 0.2) is 0 Å². The molecule has 176 valence electrons. The first-order valence-electron chi connectivity index (χ1n) is 11.2. The van der Waals surface area contributed by atoms with Crippen molar-refractivity contribution in [3.63, 3.8) is 0 Å². The lowest BCUT2D eigenvalue weighted by atomic mass is 9.97. The third kappa shape index (κ3) is 4.63.